The lowest BCUT2D eigenvalue weighted by molar-refractivity contribution is 0.677. The number of hydrogen-bond donors (Lipinski definition) is 0. The van der Waals surface area contributed by atoms with Crippen LogP contribution in [-0.4, -0.2) is 18.7 Å². The third-order valence-corrected chi connectivity index (χ3v) is 14.5. The van der Waals surface area contributed by atoms with Crippen LogP contribution in [0.3, 0.4) is 0 Å². The molecule has 0 amide bonds. The van der Waals surface area contributed by atoms with Crippen LogP contribution in [0.5, 0.6) is 0 Å². The zero-order chi connectivity index (χ0) is 46.6. The molecule has 0 fully saturated rings. The number of furan rings is 1. The van der Waals surface area contributed by atoms with E-state index in [9.17, 15) is 0 Å². The maximum Gasteiger partial charge on any atom is 0.145 e. The highest BCUT2D eigenvalue weighted by molar-refractivity contribution is 6.29. The molecule has 0 unspecified atom stereocenters. The largest absolute Gasteiger partial charge is 0.455 e. The van der Waals surface area contributed by atoms with Crippen LogP contribution in [0, 0.1) is 0 Å². The van der Waals surface area contributed by atoms with Gasteiger partial charge in [0.05, 0.1) is 49.4 Å². The van der Waals surface area contributed by atoms with Crippen LogP contribution >= 0.6 is 0 Å². The van der Waals surface area contributed by atoms with Crippen LogP contribution in [0.1, 0.15) is 0 Å². The van der Waals surface area contributed by atoms with Crippen LogP contribution in [0.15, 0.2) is 253 Å². The highest BCUT2D eigenvalue weighted by Gasteiger charge is 2.24. The Hall–Kier alpha value is -9.65. The van der Waals surface area contributed by atoms with E-state index in [-0.39, 0.29) is 0 Å². The molecule has 0 bridgehead atoms. The fourth-order valence-corrected chi connectivity index (χ4v) is 11.4. The number of rotatable bonds is 7. The zero-order valence-electron chi connectivity index (χ0n) is 38.3. The monoisotopic (exact) mass is 907 g/mol. The van der Waals surface area contributed by atoms with Crippen LogP contribution in [-0.2, 0) is 0 Å². The second kappa shape index (κ2) is 15.4. The number of benzene rings is 10. The Kier molecular flexibility index (Phi) is 8.56. The van der Waals surface area contributed by atoms with Crippen molar-refractivity contribution in [3.8, 4) is 28.2 Å². The Bertz CT molecular complexity index is 4550. The molecule has 0 saturated carbocycles. The van der Waals surface area contributed by atoms with Crippen molar-refractivity contribution >= 4 is 105 Å². The normalized spacial score (nSPS) is 11.9. The number of para-hydroxylation sites is 4. The minimum absolute atomic E-state index is 0.891. The fourth-order valence-electron chi connectivity index (χ4n) is 11.4. The van der Waals surface area contributed by atoms with Crippen molar-refractivity contribution in [1.82, 2.24) is 18.7 Å². The van der Waals surface area contributed by atoms with Gasteiger partial charge in [-0.2, -0.15) is 0 Å². The summed E-state index contributed by atoms with van der Waals surface area (Å²) >= 11 is 0. The lowest BCUT2D eigenvalue weighted by Gasteiger charge is -2.26. The minimum atomic E-state index is 0.891. The molecule has 5 aromatic heterocycles. The number of nitrogens with zero attached hydrogens (tertiary/aromatic N) is 5. The Morgan fingerprint density at radius 2 is 0.761 bits per heavy atom. The van der Waals surface area contributed by atoms with Crippen LogP contribution in [0.25, 0.3) is 116 Å². The molecular weight excluding hydrogens is 867 g/mol. The predicted octanol–water partition coefficient (Wildman–Crippen LogP) is 17.4. The first kappa shape index (κ1) is 39.4. The van der Waals surface area contributed by atoms with Gasteiger partial charge in [-0.15, -0.1) is 0 Å². The molecule has 5 heterocycles. The van der Waals surface area contributed by atoms with Gasteiger partial charge in [0.2, 0.25) is 0 Å². The molecule has 0 saturated heterocycles. The van der Waals surface area contributed by atoms with Crippen LogP contribution < -0.4 is 4.90 Å². The number of hydrogen-bond acceptors (Lipinski definition) is 3. The fraction of sp³-hybridized carbons (Fsp3) is 0. The number of pyridine rings is 1. The zero-order valence-corrected chi connectivity index (χ0v) is 38.3. The number of anilines is 3. The third-order valence-electron chi connectivity index (χ3n) is 14.5. The summed E-state index contributed by atoms with van der Waals surface area (Å²) in [7, 11) is 0. The summed E-state index contributed by atoms with van der Waals surface area (Å²) < 4.78 is 14.4. The van der Waals surface area contributed by atoms with Crippen molar-refractivity contribution in [1.29, 1.82) is 0 Å². The quantitative estimate of drug-likeness (QED) is 0.160. The Morgan fingerprint density at radius 3 is 1.41 bits per heavy atom. The van der Waals surface area contributed by atoms with Gasteiger partial charge in [0.15, 0.2) is 0 Å². The molecular formula is C65H41N5O. The molecule has 332 valence electrons. The van der Waals surface area contributed by atoms with Crippen molar-refractivity contribution in [2.75, 3.05) is 4.90 Å². The van der Waals surface area contributed by atoms with E-state index in [0.29, 0.717) is 0 Å². The van der Waals surface area contributed by atoms with Crippen molar-refractivity contribution in [2.45, 2.75) is 0 Å². The van der Waals surface area contributed by atoms with E-state index < -0.39 is 0 Å². The predicted molar refractivity (Wildman–Crippen MR) is 295 cm³/mol. The molecule has 6 nitrogen and oxygen atoms in total. The molecule has 15 aromatic rings. The standard InChI is InChI=1S/C65H41N5O/c1-4-15-42(16-5-1)43-26-28-46(29-27-43)67(44-17-6-2-7-18-44)47-30-32-48(33-31-47)68-55-23-12-10-21-52(55)61-58(68)38-35-50-51-36-39-59-62(65(51)71-64(50)61)53-22-11-13-24-56(53)70(59)49-34-37-57-54(41-49)63-60(25-14-40-66-63)69(57)45-19-8-3-9-20-45/h1-41H. The molecule has 10 aromatic carbocycles. The van der Waals surface area contributed by atoms with E-state index in [4.69, 9.17) is 9.40 Å². The van der Waals surface area contributed by atoms with E-state index in [2.05, 4.69) is 255 Å². The molecule has 0 radical (unpaired) electrons. The molecule has 15 rings (SSSR count). The highest BCUT2D eigenvalue weighted by atomic mass is 16.3. The van der Waals surface area contributed by atoms with Crippen molar-refractivity contribution in [2.24, 2.45) is 0 Å². The average Bonchev–Trinajstić information content (AvgIpc) is 4.19. The summed E-state index contributed by atoms with van der Waals surface area (Å²) in [5.74, 6) is 0. The lowest BCUT2D eigenvalue weighted by atomic mass is 10.0. The summed E-state index contributed by atoms with van der Waals surface area (Å²) in [6.07, 6.45) is 1.89. The molecule has 0 atom stereocenters. The molecule has 6 heteroatoms. The molecule has 71 heavy (non-hydrogen) atoms. The number of aromatic nitrogens is 4. The number of fused-ring (bicyclic) bond motifs is 14. The van der Waals surface area contributed by atoms with Crippen molar-refractivity contribution in [3.63, 3.8) is 0 Å². The Morgan fingerprint density at radius 1 is 0.310 bits per heavy atom. The Balaban J connectivity index is 0.882. The summed E-state index contributed by atoms with van der Waals surface area (Å²) in [4.78, 5) is 7.25. The molecule has 0 spiro atoms. The average molecular weight is 908 g/mol. The van der Waals surface area contributed by atoms with Crippen molar-refractivity contribution < 1.29 is 4.42 Å². The van der Waals surface area contributed by atoms with E-state index in [0.717, 1.165) is 122 Å². The SMILES string of the molecule is c1ccc(-c2ccc(N(c3ccccc3)c3ccc(-n4c5ccccc5c5c6oc7c(ccc8c7c7ccccc7n8-c7ccc8c(c7)c7ncccc7n8-c7ccccc7)c6ccc54)cc3)cc2)cc1. The van der Waals surface area contributed by atoms with Gasteiger partial charge in [0.1, 0.15) is 11.2 Å². The van der Waals surface area contributed by atoms with Crippen molar-refractivity contribution in [3.05, 3.63) is 249 Å². The van der Waals surface area contributed by atoms with Gasteiger partial charge in [0.25, 0.3) is 0 Å². The minimum Gasteiger partial charge on any atom is -0.455 e. The summed E-state index contributed by atoms with van der Waals surface area (Å²) in [6.45, 7) is 0. The second-order valence-electron chi connectivity index (χ2n) is 18.3. The maximum absolute atomic E-state index is 7.31. The van der Waals surface area contributed by atoms with Gasteiger partial charge in [-0.3, -0.25) is 4.98 Å². The molecule has 0 N–H and O–H groups in total. The lowest BCUT2D eigenvalue weighted by Crippen LogP contribution is -2.10. The van der Waals surface area contributed by atoms with E-state index in [1.807, 2.05) is 12.3 Å². The highest BCUT2D eigenvalue weighted by Crippen LogP contribution is 2.46. The topological polar surface area (TPSA) is 44.1 Å². The van der Waals surface area contributed by atoms with Gasteiger partial charge in [-0.05, 0) is 139 Å². The first-order chi connectivity index (χ1) is 35.2. The van der Waals surface area contributed by atoms with E-state index in [1.54, 1.807) is 0 Å². The summed E-state index contributed by atoms with van der Waals surface area (Å²) in [5, 5.41) is 7.80. The summed E-state index contributed by atoms with van der Waals surface area (Å²) in [5.41, 5.74) is 18.3. The Labute approximate surface area is 407 Å². The van der Waals surface area contributed by atoms with Gasteiger partial charge in [0, 0.05) is 67.3 Å². The molecule has 0 aliphatic rings. The molecule has 0 aliphatic carbocycles. The third kappa shape index (κ3) is 5.92. The first-order valence-electron chi connectivity index (χ1n) is 24.1. The van der Waals surface area contributed by atoms with Gasteiger partial charge in [-0.25, -0.2) is 0 Å². The van der Waals surface area contributed by atoms with Crippen LogP contribution in [0.4, 0.5) is 17.1 Å². The first-order valence-corrected chi connectivity index (χ1v) is 24.1. The van der Waals surface area contributed by atoms with Crippen LogP contribution in [0.2, 0.25) is 0 Å². The van der Waals surface area contributed by atoms with Gasteiger partial charge >= 0.3 is 0 Å². The van der Waals surface area contributed by atoms with E-state index >= 15 is 0 Å². The summed E-state index contributed by atoms with van der Waals surface area (Å²) in [6, 6.07) is 86.9. The van der Waals surface area contributed by atoms with Gasteiger partial charge < -0.3 is 23.0 Å². The van der Waals surface area contributed by atoms with E-state index in [1.165, 1.54) is 11.1 Å². The molecule has 0 aliphatic heterocycles. The smallest absolute Gasteiger partial charge is 0.145 e. The second-order valence-corrected chi connectivity index (χ2v) is 18.3. The van der Waals surface area contributed by atoms with Gasteiger partial charge in [-0.1, -0.05) is 115 Å². The maximum atomic E-state index is 7.31.